The summed E-state index contributed by atoms with van der Waals surface area (Å²) < 4.78 is 66.7. The number of rotatable bonds is 13. The van der Waals surface area contributed by atoms with Crippen molar-refractivity contribution in [2.24, 2.45) is 5.73 Å². The van der Waals surface area contributed by atoms with Crippen molar-refractivity contribution < 1.29 is 41.3 Å². The number of hydrogen-bond acceptors (Lipinski definition) is 6. The van der Waals surface area contributed by atoms with Crippen molar-refractivity contribution in [2.75, 3.05) is 13.2 Å². The SMILES string of the molecule is CCCCCCCCOc1ccc(-c2cc([C@@](C)(N)COP(=O)(O)O)on2)cc1C(F)(F)F. The summed E-state index contributed by atoms with van der Waals surface area (Å²) in [7, 11) is -4.77. The van der Waals surface area contributed by atoms with Crippen LogP contribution in [0.4, 0.5) is 13.2 Å². The topological polar surface area (TPSA) is 128 Å². The maximum atomic E-state index is 13.6. The molecule has 0 radical (unpaired) electrons. The maximum Gasteiger partial charge on any atom is 0.469 e. The molecular weight excluding hydrogens is 464 g/mol. The van der Waals surface area contributed by atoms with E-state index in [2.05, 4.69) is 16.6 Å². The van der Waals surface area contributed by atoms with Crippen LogP contribution in [0.1, 0.15) is 63.7 Å². The monoisotopic (exact) mass is 494 g/mol. The lowest BCUT2D eigenvalue weighted by Crippen LogP contribution is -2.37. The molecule has 0 fully saturated rings. The van der Waals surface area contributed by atoms with Crippen LogP contribution in [-0.2, 0) is 20.8 Å². The average molecular weight is 494 g/mol. The number of halogens is 3. The van der Waals surface area contributed by atoms with Gasteiger partial charge < -0.3 is 24.8 Å². The zero-order valence-corrected chi connectivity index (χ0v) is 19.5. The average Bonchev–Trinajstić information content (AvgIpc) is 3.22. The third-order valence-electron chi connectivity index (χ3n) is 4.94. The second-order valence-electron chi connectivity index (χ2n) is 8.08. The van der Waals surface area contributed by atoms with Crippen LogP contribution in [0.5, 0.6) is 5.75 Å². The van der Waals surface area contributed by atoms with E-state index in [1.807, 2.05) is 0 Å². The molecule has 0 amide bonds. The molecule has 0 aliphatic carbocycles. The summed E-state index contributed by atoms with van der Waals surface area (Å²) in [6.45, 7) is 3.09. The Morgan fingerprint density at radius 2 is 1.79 bits per heavy atom. The first-order valence-corrected chi connectivity index (χ1v) is 12.2. The van der Waals surface area contributed by atoms with Gasteiger partial charge in [-0.05, 0) is 31.5 Å². The number of unbranched alkanes of at least 4 members (excludes halogenated alkanes) is 5. The number of nitrogens with two attached hydrogens (primary N) is 1. The predicted octanol–water partition coefficient (Wildman–Crippen LogP) is 5.38. The van der Waals surface area contributed by atoms with E-state index in [0.29, 0.717) is 6.42 Å². The van der Waals surface area contributed by atoms with Gasteiger partial charge in [0.25, 0.3) is 0 Å². The van der Waals surface area contributed by atoms with Crippen LogP contribution in [0.25, 0.3) is 11.3 Å². The summed E-state index contributed by atoms with van der Waals surface area (Å²) in [5.74, 6) is -0.273. The van der Waals surface area contributed by atoms with Crippen LogP contribution in [0, 0.1) is 0 Å². The van der Waals surface area contributed by atoms with Gasteiger partial charge in [-0.25, -0.2) is 4.57 Å². The number of phosphoric acid groups is 1. The number of aromatic nitrogens is 1. The second-order valence-corrected chi connectivity index (χ2v) is 9.32. The number of benzene rings is 1. The number of phosphoric ester groups is 1. The number of nitrogens with zero attached hydrogens (tertiary/aromatic N) is 1. The summed E-state index contributed by atoms with van der Waals surface area (Å²) in [6.07, 6.45) is 1.31. The summed E-state index contributed by atoms with van der Waals surface area (Å²) in [5, 5.41) is 3.75. The molecule has 0 bridgehead atoms. The molecule has 0 saturated carbocycles. The van der Waals surface area contributed by atoms with E-state index in [-0.39, 0.29) is 29.4 Å². The third kappa shape index (κ3) is 8.75. The Bertz CT molecular complexity index is 942. The summed E-state index contributed by atoms with van der Waals surface area (Å²) >= 11 is 0. The Hall–Kier alpha value is -1.91. The number of hydrogen-bond donors (Lipinski definition) is 3. The molecule has 0 aliphatic heterocycles. The standard InChI is InChI=1S/C21H30F3N2O6P/c1-3-4-5-6-7-8-11-30-18-10-9-15(12-16(18)21(22,23)24)17-13-19(32-26-17)20(2,25)14-31-33(27,28)29/h9-10,12-13H,3-8,11,14,25H2,1-2H3,(H2,27,28,29)/t20-/m0/s1. The molecule has 0 unspecified atom stereocenters. The highest BCUT2D eigenvalue weighted by Crippen LogP contribution is 2.40. The van der Waals surface area contributed by atoms with Crippen LogP contribution in [0.3, 0.4) is 0 Å². The fraction of sp³-hybridized carbons (Fsp3) is 0.571. The molecule has 2 rings (SSSR count). The molecule has 186 valence electrons. The van der Waals surface area contributed by atoms with Crippen molar-refractivity contribution in [3.8, 4) is 17.0 Å². The predicted molar refractivity (Wildman–Crippen MR) is 115 cm³/mol. The van der Waals surface area contributed by atoms with Gasteiger partial charge >= 0.3 is 14.0 Å². The summed E-state index contributed by atoms with van der Waals surface area (Å²) in [6, 6.07) is 4.88. The molecule has 0 saturated heterocycles. The Morgan fingerprint density at radius 1 is 1.12 bits per heavy atom. The minimum Gasteiger partial charge on any atom is -0.493 e. The van der Waals surface area contributed by atoms with E-state index >= 15 is 0 Å². The number of ether oxygens (including phenoxy) is 1. The zero-order valence-electron chi connectivity index (χ0n) is 18.6. The molecular formula is C21H30F3N2O6P. The van der Waals surface area contributed by atoms with Crippen molar-refractivity contribution in [3.63, 3.8) is 0 Å². The maximum absolute atomic E-state index is 13.6. The first-order chi connectivity index (χ1) is 15.3. The lowest BCUT2D eigenvalue weighted by atomic mass is 10.00. The van der Waals surface area contributed by atoms with E-state index < -0.39 is 31.7 Å². The highest BCUT2D eigenvalue weighted by atomic mass is 31.2. The Balaban J connectivity index is 2.13. The zero-order chi connectivity index (χ0) is 24.7. The highest BCUT2D eigenvalue weighted by Gasteiger charge is 2.35. The minimum atomic E-state index is -4.77. The Morgan fingerprint density at radius 3 is 2.42 bits per heavy atom. The fourth-order valence-corrected chi connectivity index (χ4v) is 3.51. The van der Waals surface area contributed by atoms with Gasteiger partial charge in [0.05, 0.1) is 24.3 Å². The van der Waals surface area contributed by atoms with Gasteiger partial charge in [-0.1, -0.05) is 44.2 Å². The molecule has 0 spiro atoms. The van der Waals surface area contributed by atoms with Gasteiger partial charge in [0, 0.05) is 11.6 Å². The molecule has 33 heavy (non-hydrogen) atoms. The van der Waals surface area contributed by atoms with Gasteiger partial charge in [0.2, 0.25) is 0 Å². The largest absolute Gasteiger partial charge is 0.493 e. The van der Waals surface area contributed by atoms with E-state index in [1.54, 1.807) is 0 Å². The van der Waals surface area contributed by atoms with Crippen molar-refractivity contribution in [2.45, 2.75) is 64.1 Å². The smallest absolute Gasteiger partial charge is 0.469 e. The molecule has 0 aliphatic rings. The molecule has 2 aromatic rings. The molecule has 1 aromatic carbocycles. The second kappa shape index (κ2) is 11.5. The first kappa shape index (κ1) is 27.3. The summed E-state index contributed by atoms with van der Waals surface area (Å²) in [5.41, 5.74) is 3.75. The number of alkyl halides is 3. The lowest BCUT2D eigenvalue weighted by Gasteiger charge is -2.20. The molecule has 1 aromatic heterocycles. The van der Waals surface area contributed by atoms with Crippen LogP contribution in [0.15, 0.2) is 28.8 Å². The van der Waals surface area contributed by atoms with Gasteiger partial charge in [0.15, 0.2) is 5.76 Å². The normalized spacial score (nSPS) is 14.3. The molecule has 8 nitrogen and oxygen atoms in total. The van der Waals surface area contributed by atoms with Gasteiger partial charge in [-0.2, -0.15) is 13.2 Å². The van der Waals surface area contributed by atoms with E-state index in [1.165, 1.54) is 25.1 Å². The minimum absolute atomic E-state index is 0.0112. The third-order valence-corrected chi connectivity index (χ3v) is 5.41. The van der Waals surface area contributed by atoms with Crippen molar-refractivity contribution in [1.29, 1.82) is 0 Å². The molecule has 4 N–H and O–H groups in total. The van der Waals surface area contributed by atoms with Crippen molar-refractivity contribution >= 4 is 7.82 Å². The molecule has 1 heterocycles. The van der Waals surface area contributed by atoms with Crippen LogP contribution >= 0.6 is 7.82 Å². The van der Waals surface area contributed by atoms with E-state index in [0.717, 1.165) is 38.2 Å². The fourth-order valence-electron chi connectivity index (χ4n) is 3.07. The highest BCUT2D eigenvalue weighted by molar-refractivity contribution is 7.46. The molecule has 1 atom stereocenters. The van der Waals surface area contributed by atoms with Crippen LogP contribution in [-0.4, -0.2) is 28.2 Å². The van der Waals surface area contributed by atoms with Crippen molar-refractivity contribution in [3.05, 3.63) is 35.6 Å². The van der Waals surface area contributed by atoms with Crippen LogP contribution in [0.2, 0.25) is 0 Å². The van der Waals surface area contributed by atoms with Gasteiger partial charge in [-0.3, -0.25) is 4.52 Å². The molecule has 12 heteroatoms. The quantitative estimate of drug-likeness (QED) is 0.250. The van der Waals surface area contributed by atoms with Gasteiger partial charge in [-0.15, -0.1) is 0 Å². The van der Waals surface area contributed by atoms with Crippen LogP contribution < -0.4 is 10.5 Å². The van der Waals surface area contributed by atoms with Crippen molar-refractivity contribution in [1.82, 2.24) is 5.16 Å². The van der Waals surface area contributed by atoms with E-state index in [9.17, 15) is 17.7 Å². The Kier molecular flexibility index (Phi) is 9.51. The summed E-state index contributed by atoms with van der Waals surface area (Å²) in [4.78, 5) is 17.7. The van der Waals surface area contributed by atoms with E-state index in [4.69, 9.17) is 24.8 Å². The van der Waals surface area contributed by atoms with Gasteiger partial charge in [0.1, 0.15) is 11.4 Å². The first-order valence-electron chi connectivity index (χ1n) is 10.6. The lowest BCUT2D eigenvalue weighted by molar-refractivity contribution is -0.138. The Labute approximate surface area is 190 Å².